The summed E-state index contributed by atoms with van der Waals surface area (Å²) < 4.78 is 5.42. The lowest BCUT2D eigenvalue weighted by Crippen LogP contribution is -2.37. The van der Waals surface area contributed by atoms with Crippen molar-refractivity contribution < 1.29 is 4.74 Å². The van der Waals surface area contributed by atoms with E-state index >= 15 is 0 Å². The zero-order chi connectivity index (χ0) is 18.3. The number of aromatic nitrogens is 1. The molecular weight excluding hydrogens is 336 g/mol. The number of piperidine rings is 1. The van der Waals surface area contributed by atoms with Crippen LogP contribution in [0.15, 0.2) is 30.3 Å². The predicted octanol–water partition coefficient (Wildman–Crippen LogP) is 3.04. The molecule has 1 aromatic carbocycles. The monoisotopic (exact) mass is 368 g/mol. The lowest BCUT2D eigenvalue weighted by Gasteiger charge is -2.30. The fourth-order valence-electron chi connectivity index (χ4n) is 4.13. The van der Waals surface area contributed by atoms with Crippen molar-refractivity contribution in [3.8, 4) is 0 Å². The molecule has 2 aromatic rings. The van der Waals surface area contributed by atoms with Crippen LogP contribution in [-0.2, 0) is 11.3 Å². The molecule has 2 aliphatic rings. The molecule has 0 bridgehead atoms. The summed E-state index contributed by atoms with van der Waals surface area (Å²) in [4.78, 5) is 10.0. The second-order valence-corrected chi connectivity index (χ2v) is 7.70. The maximum absolute atomic E-state index is 5.42. The highest BCUT2D eigenvalue weighted by Crippen LogP contribution is 2.26. The fourth-order valence-corrected chi connectivity index (χ4v) is 4.13. The van der Waals surface area contributed by atoms with E-state index in [0.29, 0.717) is 0 Å². The van der Waals surface area contributed by atoms with Crippen molar-refractivity contribution in [1.82, 2.24) is 15.2 Å². The lowest BCUT2D eigenvalue weighted by molar-refractivity contribution is 0.0374. The number of ether oxygens (including phenoxy) is 1. The molecule has 27 heavy (non-hydrogen) atoms. The molecule has 4 rings (SSSR count). The third-order valence-electron chi connectivity index (χ3n) is 5.68. The highest BCUT2D eigenvalue weighted by atomic mass is 16.5. The van der Waals surface area contributed by atoms with Crippen LogP contribution in [0, 0.1) is 0 Å². The van der Waals surface area contributed by atoms with Crippen molar-refractivity contribution in [2.75, 3.05) is 57.4 Å². The van der Waals surface area contributed by atoms with Crippen molar-refractivity contribution in [2.24, 2.45) is 0 Å². The molecule has 1 N–H and O–H groups in total. The molecule has 0 saturated carbocycles. The van der Waals surface area contributed by atoms with Gasteiger partial charge in [0.25, 0.3) is 0 Å². The smallest absolute Gasteiger partial charge is 0.133 e. The van der Waals surface area contributed by atoms with Gasteiger partial charge < -0.3 is 15.0 Å². The molecule has 0 aliphatic carbocycles. The molecule has 5 nitrogen and oxygen atoms in total. The van der Waals surface area contributed by atoms with Crippen molar-refractivity contribution in [3.05, 3.63) is 35.9 Å². The Hall–Kier alpha value is -1.69. The molecule has 1 aromatic heterocycles. The van der Waals surface area contributed by atoms with Crippen LogP contribution < -0.4 is 10.2 Å². The summed E-state index contributed by atoms with van der Waals surface area (Å²) >= 11 is 0. The molecule has 0 unspecified atom stereocenters. The molecule has 2 aliphatic heterocycles. The maximum atomic E-state index is 5.42. The van der Waals surface area contributed by atoms with Crippen molar-refractivity contribution in [3.63, 3.8) is 0 Å². The van der Waals surface area contributed by atoms with Gasteiger partial charge in [-0.1, -0.05) is 18.2 Å². The molecule has 146 valence electrons. The number of pyridine rings is 1. The van der Waals surface area contributed by atoms with E-state index in [1.165, 1.54) is 42.5 Å². The van der Waals surface area contributed by atoms with E-state index in [4.69, 9.17) is 9.72 Å². The van der Waals surface area contributed by atoms with E-state index in [-0.39, 0.29) is 0 Å². The van der Waals surface area contributed by atoms with E-state index in [9.17, 15) is 0 Å². The Balaban J connectivity index is 1.38. The van der Waals surface area contributed by atoms with Crippen molar-refractivity contribution in [2.45, 2.75) is 32.2 Å². The number of hydrogen-bond donors (Lipinski definition) is 1. The second-order valence-electron chi connectivity index (χ2n) is 7.70. The quantitative estimate of drug-likeness (QED) is 0.761. The van der Waals surface area contributed by atoms with Crippen LogP contribution in [-0.4, -0.2) is 62.4 Å². The first-order chi connectivity index (χ1) is 13.4. The number of nitrogens with zero attached hydrogens (tertiary/aromatic N) is 3. The standard InChI is InChI=1S/C22H32N4O/c1-4-11-26(12-5-1)22-20(17-19-7-2-3-8-21(19)24-22)18-23-9-6-10-25-13-15-27-16-14-25/h2-3,7-8,17,23H,1,4-6,9-16,18H2. The normalized spacial score (nSPS) is 18.9. The predicted molar refractivity (Wildman–Crippen MR) is 111 cm³/mol. The van der Waals surface area contributed by atoms with Crippen LogP contribution in [0.5, 0.6) is 0 Å². The Morgan fingerprint density at radius 3 is 2.67 bits per heavy atom. The van der Waals surface area contributed by atoms with Gasteiger partial charge >= 0.3 is 0 Å². The molecule has 0 spiro atoms. The van der Waals surface area contributed by atoms with Crippen LogP contribution in [0.1, 0.15) is 31.2 Å². The summed E-state index contributed by atoms with van der Waals surface area (Å²) in [6.45, 7) is 9.29. The van der Waals surface area contributed by atoms with Crippen molar-refractivity contribution in [1.29, 1.82) is 0 Å². The summed E-state index contributed by atoms with van der Waals surface area (Å²) in [5, 5.41) is 4.90. The van der Waals surface area contributed by atoms with Gasteiger partial charge in [-0.2, -0.15) is 0 Å². The molecule has 2 fully saturated rings. The number of benzene rings is 1. The largest absolute Gasteiger partial charge is 0.379 e. The SMILES string of the molecule is c1ccc2nc(N3CCCCC3)c(CNCCCN3CCOCC3)cc2c1. The minimum Gasteiger partial charge on any atom is -0.379 e. The number of hydrogen-bond acceptors (Lipinski definition) is 5. The number of anilines is 1. The fraction of sp³-hybridized carbons (Fsp3) is 0.591. The van der Waals surface area contributed by atoms with Gasteiger partial charge in [0.1, 0.15) is 5.82 Å². The van der Waals surface area contributed by atoms with E-state index in [2.05, 4.69) is 45.4 Å². The third kappa shape index (κ3) is 4.98. The first-order valence-corrected chi connectivity index (χ1v) is 10.5. The molecule has 0 amide bonds. The average molecular weight is 369 g/mol. The van der Waals surface area contributed by atoms with Gasteiger partial charge in [-0.05, 0) is 50.9 Å². The summed E-state index contributed by atoms with van der Waals surface area (Å²) in [5.41, 5.74) is 2.44. The van der Waals surface area contributed by atoms with E-state index in [1.54, 1.807) is 0 Å². The number of nitrogens with one attached hydrogen (secondary N) is 1. The van der Waals surface area contributed by atoms with Crippen LogP contribution in [0.25, 0.3) is 10.9 Å². The molecular formula is C22H32N4O. The number of para-hydroxylation sites is 1. The summed E-state index contributed by atoms with van der Waals surface area (Å²) in [7, 11) is 0. The highest BCUT2D eigenvalue weighted by molar-refractivity contribution is 5.81. The zero-order valence-electron chi connectivity index (χ0n) is 16.3. The van der Waals surface area contributed by atoms with E-state index in [1.807, 2.05) is 0 Å². The minimum atomic E-state index is 0.884. The number of rotatable bonds is 7. The van der Waals surface area contributed by atoms with Crippen LogP contribution in [0.3, 0.4) is 0 Å². The van der Waals surface area contributed by atoms with Crippen molar-refractivity contribution >= 4 is 16.7 Å². The van der Waals surface area contributed by atoms with Gasteiger partial charge in [-0.25, -0.2) is 4.98 Å². The highest BCUT2D eigenvalue weighted by Gasteiger charge is 2.17. The Labute approximate surface area is 162 Å². The first-order valence-electron chi connectivity index (χ1n) is 10.5. The topological polar surface area (TPSA) is 40.6 Å². The Bertz CT molecular complexity index is 723. The first kappa shape index (κ1) is 18.7. The summed E-state index contributed by atoms with van der Waals surface area (Å²) in [5.74, 6) is 1.19. The maximum Gasteiger partial charge on any atom is 0.133 e. The Morgan fingerprint density at radius 2 is 1.81 bits per heavy atom. The van der Waals surface area contributed by atoms with Gasteiger partial charge in [0, 0.05) is 43.7 Å². The molecule has 2 saturated heterocycles. The van der Waals surface area contributed by atoms with E-state index in [0.717, 1.165) is 64.5 Å². The van der Waals surface area contributed by atoms with Gasteiger partial charge in [0.15, 0.2) is 0 Å². The zero-order valence-corrected chi connectivity index (χ0v) is 16.3. The summed E-state index contributed by atoms with van der Waals surface area (Å²) in [6, 6.07) is 10.8. The van der Waals surface area contributed by atoms with Gasteiger partial charge in [0.2, 0.25) is 0 Å². The average Bonchev–Trinajstić information content (AvgIpc) is 2.74. The van der Waals surface area contributed by atoms with Crippen LogP contribution in [0.4, 0.5) is 5.82 Å². The summed E-state index contributed by atoms with van der Waals surface area (Å²) in [6.07, 6.45) is 5.08. The van der Waals surface area contributed by atoms with Gasteiger partial charge in [-0.3, -0.25) is 4.90 Å². The Morgan fingerprint density at radius 1 is 1.00 bits per heavy atom. The lowest BCUT2D eigenvalue weighted by atomic mass is 10.1. The second kappa shape index (κ2) is 9.49. The Kier molecular flexibility index (Phi) is 6.56. The van der Waals surface area contributed by atoms with Gasteiger partial charge in [0.05, 0.1) is 18.7 Å². The third-order valence-corrected chi connectivity index (χ3v) is 5.68. The molecule has 5 heteroatoms. The number of fused-ring (bicyclic) bond motifs is 1. The molecule has 0 radical (unpaired) electrons. The molecule has 0 atom stereocenters. The van der Waals surface area contributed by atoms with Gasteiger partial charge in [-0.15, -0.1) is 0 Å². The van der Waals surface area contributed by atoms with Crippen LogP contribution >= 0.6 is 0 Å². The number of morpholine rings is 1. The van der Waals surface area contributed by atoms with Crippen LogP contribution in [0.2, 0.25) is 0 Å². The molecule has 3 heterocycles. The minimum absolute atomic E-state index is 0.884. The van der Waals surface area contributed by atoms with E-state index < -0.39 is 0 Å².